The molecule has 0 aliphatic heterocycles. The molecule has 0 N–H and O–H groups in total. The summed E-state index contributed by atoms with van der Waals surface area (Å²) in [7, 11) is 18.5. The van der Waals surface area contributed by atoms with E-state index in [9.17, 15) is 0 Å². The number of benzene rings is 2. The van der Waals surface area contributed by atoms with E-state index >= 15 is 0 Å². The third kappa shape index (κ3) is 5.36. The third-order valence-corrected chi connectivity index (χ3v) is 8.67. The van der Waals surface area contributed by atoms with Crippen LogP contribution in [0.15, 0.2) is 58.3 Å². The lowest BCUT2D eigenvalue weighted by atomic mass is 10.0. The van der Waals surface area contributed by atoms with Crippen LogP contribution in [0.2, 0.25) is 0 Å². The Morgan fingerprint density at radius 3 is 1.39 bits per heavy atom. The SMILES string of the molecule is CN(C)C(=Nc1ccccc1-c1ccccc1N=P(N(C)C)(N(C)C)N(C)C)N(C)C. The van der Waals surface area contributed by atoms with Gasteiger partial charge >= 0.3 is 0 Å². The quantitative estimate of drug-likeness (QED) is 0.367. The van der Waals surface area contributed by atoms with Crippen molar-refractivity contribution in [1.29, 1.82) is 0 Å². The summed E-state index contributed by atoms with van der Waals surface area (Å²) in [6, 6.07) is 16.6. The molecule has 0 radical (unpaired) electrons. The monoisotopic (exact) mass is 443 g/mol. The summed E-state index contributed by atoms with van der Waals surface area (Å²) in [5, 5.41) is 0. The van der Waals surface area contributed by atoms with Crippen molar-refractivity contribution in [2.24, 2.45) is 9.74 Å². The second kappa shape index (κ2) is 10.4. The number of aliphatic imine (C=N–C) groups is 1. The van der Waals surface area contributed by atoms with Crippen LogP contribution < -0.4 is 0 Å². The van der Waals surface area contributed by atoms with Crippen molar-refractivity contribution in [3.8, 4) is 11.1 Å². The molecule has 7 nitrogen and oxygen atoms in total. The lowest BCUT2D eigenvalue weighted by Crippen LogP contribution is -2.35. The van der Waals surface area contributed by atoms with Crippen LogP contribution in [0.3, 0.4) is 0 Å². The molecule has 0 heterocycles. The summed E-state index contributed by atoms with van der Waals surface area (Å²) >= 11 is 0. The van der Waals surface area contributed by atoms with Gasteiger partial charge in [0.15, 0.2) is 7.51 Å². The average Bonchev–Trinajstić information content (AvgIpc) is 2.69. The van der Waals surface area contributed by atoms with Gasteiger partial charge in [-0.25, -0.2) is 9.74 Å². The number of hydrogen-bond donors (Lipinski definition) is 0. The van der Waals surface area contributed by atoms with E-state index in [2.05, 4.69) is 98.8 Å². The van der Waals surface area contributed by atoms with Gasteiger partial charge in [-0.05, 0) is 54.4 Å². The van der Waals surface area contributed by atoms with Gasteiger partial charge in [0, 0.05) is 39.3 Å². The van der Waals surface area contributed by atoms with Crippen LogP contribution in [-0.4, -0.2) is 100 Å². The fourth-order valence-corrected chi connectivity index (χ4v) is 6.93. The number of para-hydroxylation sites is 1. The molecule has 0 spiro atoms. The molecule has 0 aliphatic rings. The predicted octanol–water partition coefficient (Wildman–Crippen LogP) is 4.73. The first-order chi connectivity index (χ1) is 14.5. The molecule has 0 aliphatic carbocycles. The molecular weight excluding hydrogens is 405 g/mol. The largest absolute Gasteiger partial charge is 0.349 e. The summed E-state index contributed by atoms with van der Waals surface area (Å²) in [5.41, 5.74) is 4.03. The molecule has 31 heavy (non-hydrogen) atoms. The van der Waals surface area contributed by atoms with Crippen molar-refractivity contribution in [3.05, 3.63) is 48.5 Å². The molecule has 0 fully saturated rings. The molecule has 0 atom stereocenters. The van der Waals surface area contributed by atoms with Crippen LogP contribution in [0, 0.1) is 0 Å². The molecule has 170 valence electrons. The Labute approximate surface area is 188 Å². The highest BCUT2D eigenvalue weighted by Crippen LogP contribution is 2.58. The molecule has 2 rings (SSSR count). The Kier molecular flexibility index (Phi) is 8.43. The number of rotatable bonds is 6. The van der Waals surface area contributed by atoms with Gasteiger partial charge in [-0.1, -0.05) is 36.4 Å². The van der Waals surface area contributed by atoms with Crippen LogP contribution in [-0.2, 0) is 0 Å². The Hall–Kier alpha value is -2.18. The lowest BCUT2D eigenvalue weighted by molar-refractivity contribution is 0.474. The normalized spacial score (nSPS) is 11.8. The van der Waals surface area contributed by atoms with Crippen molar-refractivity contribution in [1.82, 2.24) is 23.8 Å². The van der Waals surface area contributed by atoms with Gasteiger partial charge in [0.2, 0.25) is 5.96 Å². The first-order valence-corrected chi connectivity index (χ1v) is 11.9. The van der Waals surface area contributed by atoms with Gasteiger partial charge in [0.25, 0.3) is 0 Å². The first kappa shape index (κ1) is 25.1. The summed E-state index contributed by atoms with van der Waals surface area (Å²) in [5.74, 6) is 0.888. The second-order valence-corrected chi connectivity index (χ2v) is 12.1. The van der Waals surface area contributed by atoms with Crippen molar-refractivity contribution in [2.75, 3.05) is 70.5 Å². The molecule has 0 bridgehead atoms. The maximum absolute atomic E-state index is 5.38. The standard InChI is InChI=1S/C23H38N7P/c1-26(2)23(27(3)4)24-21-17-13-11-15-19(21)20-16-12-14-18-22(20)25-31(28(5)6,29(7)8)30(9)10/h11-18H,1-10H3. The molecule has 2 aromatic carbocycles. The molecule has 8 heteroatoms. The fraction of sp³-hybridized carbons (Fsp3) is 0.435. The Balaban J connectivity index is 2.81. The van der Waals surface area contributed by atoms with E-state index in [1.165, 1.54) is 0 Å². The highest BCUT2D eigenvalue weighted by Gasteiger charge is 2.29. The van der Waals surface area contributed by atoms with Crippen LogP contribution in [0.5, 0.6) is 0 Å². The highest BCUT2D eigenvalue weighted by atomic mass is 31.2. The lowest BCUT2D eigenvalue weighted by Gasteiger charge is -2.41. The molecule has 2 aromatic rings. The summed E-state index contributed by atoms with van der Waals surface area (Å²) < 4.78 is 12.1. The van der Waals surface area contributed by atoms with Crippen LogP contribution >= 0.6 is 7.51 Å². The van der Waals surface area contributed by atoms with Gasteiger partial charge in [0.1, 0.15) is 0 Å². The third-order valence-electron chi connectivity index (χ3n) is 4.97. The minimum atomic E-state index is -2.08. The van der Waals surface area contributed by atoms with Crippen molar-refractivity contribution in [3.63, 3.8) is 0 Å². The summed E-state index contributed by atoms with van der Waals surface area (Å²) in [6.45, 7) is 0. The molecular formula is C23H38N7P. The molecule has 0 amide bonds. The van der Waals surface area contributed by atoms with Crippen LogP contribution in [0.1, 0.15) is 0 Å². The van der Waals surface area contributed by atoms with E-state index in [0.717, 1.165) is 28.5 Å². The first-order valence-electron chi connectivity index (χ1n) is 10.3. The van der Waals surface area contributed by atoms with E-state index in [4.69, 9.17) is 9.74 Å². The molecule has 0 unspecified atom stereocenters. The zero-order valence-electron chi connectivity index (χ0n) is 20.7. The van der Waals surface area contributed by atoms with Gasteiger partial charge in [0.05, 0.1) is 11.4 Å². The molecule has 0 saturated heterocycles. The smallest absolute Gasteiger partial charge is 0.200 e. The number of hydrogen-bond acceptors (Lipinski definition) is 2. The van der Waals surface area contributed by atoms with E-state index in [1.54, 1.807) is 0 Å². The Bertz CT molecular complexity index is 923. The van der Waals surface area contributed by atoms with Gasteiger partial charge in [-0.2, -0.15) is 0 Å². The topological polar surface area (TPSA) is 40.9 Å². The number of guanidine groups is 1. The van der Waals surface area contributed by atoms with Gasteiger partial charge in [-0.15, -0.1) is 0 Å². The minimum Gasteiger partial charge on any atom is -0.349 e. The maximum Gasteiger partial charge on any atom is 0.200 e. The summed E-state index contributed by atoms with van der Waals surface area (Å²) in [6.07, 6.45) is 0. The van der Waals surface area contributed by atoms with E-state index < -0.39 is 7.51 Å². The van der Waals surface area contributed by atoms with Gasteiger partial charge < -0.3 is 9.80 Å². The van der Waals surface area contributed by atoms with Crippen molar-refractivity contribution >= 4 is 24.8 Å². The maximum atomic E-state index is 5.38. The number of nitrogens with zero attached hydrogens (tertiary/aromatic N) is 7. The second-order valence-electron chi connectivity index (χ2n) is 8.41. The van der Waals surface area contributed by atoms with Gasteiger partial charge in [-0.3, -0.25) is 14.0 Å². The van der Waals surface area contributed by atoms with Crippen molar-refractivity contribution < 1.29 is 0 Å². The van der Waals surface area contributed by atoms with Crippen LogP contribution in [0.4, 0.5) is 11.4 Å². The zero-order valence-corrected chi connectivity index (χ0v) is 21.6. The van der Waals surface area contributed by atoms with E-state index in [1.807, 2.05) is 44.1 Å². The van der Waals surface area contributed by atoms with E-state index in [0.29, 0.717) is 0 Å². The summed E-state index contributed by atoms with van der Waals surface area (Å²) in [4.78, 5) is 9.02. The predicted molar refractivity (Wildman–Crippen MR) is 136 cm³/mol. The highest BCUT2D eigenvalue weighted by molar-refractivity contribution is 7.59. The van der Waals surface area contributed by atoms with Crippen molar-refractivity contribution in [2.45, 2.75) is 0 Å². The molecule has 0 saturated carbocycles. The van der Waals surface area contributed by atoms with Crippen LogP contribution in [0.25, 0.3) is 11.1 Å². The van der Waals surface area contributed by atoms with E-state index in [-0.39, 0.29) is 0 Å². The average molecular weight is 444 g/mol. The Morgan fingerprint density at radius 1 is 0.581 bits per heavy atom. The fourth-order valence-electron chi connectivity index (χ4n) is 3.78. The minimum absolute atomic E-state index is 0.888. The zero-order chi connectivity index (χ0) is 23.3. The molecule has 0 aromatic heterocycles. The Morgan fingerprint density at radius 2 is 0.968 bits per heavy atom.